The molecule has 5 nitrogen and oxygen atoms in total. The van der Waals surface area contributed by atoms with Crippen molar-refractivity contribution in [3.8, 4) is 0 Å². The Hall–Kier alpha value is -1.10. The number of urea groups is 1. The fraction of sp³-hybridized carbons (Fsp3) is 0.778. The molecule has 2 fully saturated rings. The standard InChI is InChI=1S/C9H15N3O2/c1-3-6(2)12-7(13)9(4-10-5-9)11-8(12)14/h6,10H,3-5H2,1-2H3,(H,11,14). The van der Waals surface area contributed by atoms with Gasteiger partial charge in [-0.1, -0.05) is 6.92 Å². The van der Waals surface area contributed by atoms with E-state index < -0.39 is 5.54 Å². The Morgan fingerprint density at radius 3 is 2.50 bits per heavy atom. The highest BCUT2D eigenvalue weighted by Crippen LogP contribution is 2.24. The fourth-order valence-corrected chi connectivity index (χ4v) is 1.84. The van der Waals surface area contributed by atoms with Gasteiger partial charge in [-0.25, -0.2) is 4.79 Å². The molecule has 0 radical (unpaired) electrons. The van der Waals surface area contributed by atoms with Crippen LogP contribution in [-0.4, -0.2) is 41.5 Å². The normalized spacial score (nSPS) is 26.3. The van der Waals surface area contributed by atoms with E-state index in [0.717, 1.165) is 6.42 Å². The van der Waals surface area contributed by atoms with Crippen LogP contribution in [0.4, 0.5) is 4.79 Å². The first kappa shape index (κ1) is 9.45. The van der Waals surface area contributed by atoms with Gasteiger partial charge in [-0.15, -0.1) is 0 Å². The van der Waals surface area contributed by atoms with Crippen LogP contribution in [0.15, 0.2) is 0 Å². The van der Waals surface area contributed by atoms with Crippen LogP contribution in [-0.2, 0) is 4.79 Å². The van der Waals surface area contributed by atoms with Gasteiger partial charge in [0.2, 0.25) is 0 Å². The van der Waals surface area contributed by atoms with Gasteiger partial charge in [-0.3, -0.25) is 9.69 Å². The lowest BCUT2D eigenvalue weighted by atomic mass is 9.92. The molecule has 14 heavy (non-hydrogen) atoms. The summed E-state index contributed by atoms with van der Waals surface area (Å²) in [5, 5.41) is 5.77. The maximum atomic E-state index is 11.9. The number of carbonyl (C=O) groups excluding carboxylic acids is 2. The largest absolute Gasteiger partial charge is 0.325 e. The number of nitrogens with one attached hydrogen (secondary N) is 2. The first-order chi connectivity index (χ1) is 6.60. The number of carbonyl (C=O) groups is 2. The van der Waals surface area contributed by atoms with E-state index in [1.807, 2.05) is 13.8 Å². The second-order valence-electron chi connectivity index (χ2n) is 4.05. The second kappa shape index (κ2) is 2.95. The average molecular weight is 197 g/mol. The lowest BCUT2D eigenvalue weighted by Gasteiger charge is -2.36. The highest BCUT2D eigenvalue weighted by Gasteiger charge is 2.55. The molecule has 2 aliphatic rings. The number of amides is 3. The zero-order valence-corrected chi connectivity index (χ0v) is 8.46. The van der Waals surface area contributed by atoms with E-state index in [0.29, 0.717) is 13.1 Å². The Morgan fingerprint density at radius 1 is 1.50 bits per heavy atom. The van der Waals surface area contributed by atoms with Gasteiger partial charge in [0.25, 0.3) is 5.91 Å². The molecule has 0 aromatic rings. The maximum Gasteiger partial charge on any atom is 0.325 e. The van der Waals surface area contributed by atoms with Crippen molar-refractivity contribution in [3.63, 3.8) is 0 Å². The molecule has 0 aromatic carbocycles. The zero-order valence-electron chi connectivity index (χ0n) is 8.46. The van der Waals surface area contributed by atoms with Gasteiger partial charge in [0.1, 0.15) is 5.54 Å². The molecular weight excluding hydrogens is 182 g/mol. The summed E-state index contributed by atoms with van der Waals surface area (Å²) in [5.41, 5.74) is -0.624. The van der Waals surface area contributed by atoms with Gasteiger partial charge < -0.3 is 10.6 Å². The topological polar surface area (TPSA) is 61.4 Å². The Labute approximate surface area is 82.8 Å². The number of hydrogen-bond donors (Lipinski definition) is 2. The van der Waals surface area contributed by atoms with Crippen molar-refractivity contribution in [1.29, 1.82) is 0 Å². The summed E-state index contributed by atoms with van der Waals surface area (Å²) < 4.78 is 0. The second-order valence-corrected chi connectivity index (χ2v) is 4.05. The van der Waals surface area contributed by atoms with Crippen LogP contribution < -0.4 is 10.6 Å². The summed E-state index contributed by atoms with van der Waals surface area (Å²) in [7, 11) is 0. The van der Waals surface area contributed by atoms with Gasteiger partial charge in [0, 0.05) is 19.1 Å². The van der Waals surface area contributed by atoms with Crippen molar-refractivity contribution in [2.45, 2.75) is 31.8 Å². The molecular formula is C9H15N3O2. The molecule has 1 spiro atoms. The summed E-state index contributed by atoms with van der Waals surface area (Å²) in [6, 6.07) is -0.256. The highest BCUT2D eigenvalue weighted by atomic mass is 16.2. The minimum atomic E-state index is -0.624. The number of imide groups is 1. The molecule has 78 valence electrons. The van der Waals surface area contributed by atoms with Crippen molar-refractivity contribution in [2.75, 3.05) is 13.1 Å². The monoisotopic (exact) mass is 197 g/mol. The van der Waals surface area contributed by atoms with Crippen LogP contribution in [0.3, 0.4) is 0 Å². The maximum absolute atomic E-state index is 11.9. The van der Waals surface area contributed by atoms with Crippen molar-refractivity contribution in [2.24, 2.45) is 0 Å². The van der Waals surface area contributed by atoms with E-state index in [-0.39, 0.29) is 18.0 Å². The molecule has 2 saturated heterocycles. The first-order valence-corrected chi connectivity index (χ1v) is 4.97. The molecule has 2 N–H and O–H groups in total. The van der Waals surface area contributed by atoms with Crippen molar-refractivity contribution in [1.82, 2.24) is 15.5 Å². The first-order valence-electron chi connectivity index (χ1n) is 4.97. The molecule has 0 aromatic heterocycles. The van der Waals surface area contributed by atoms with Crippen LogP contribution in [0, 0.1) is 0 Å². The van der Waals surface area contributed by atoms with Gasteiger partial charge in [0.05, 0.1) is 0 Å². The summed E-state index contributed by atoms with van der Waals surface area (Å²) in [5.74, 6) is -0.0735. The van der Waals surface area contributed by atoms with Crippen LogP contribution >= 0.6 is 0 Å². The van der Waals surface area contributed by atoms with Gasteiger partial charge in [-0.05, 0) is 13.3 Å². The lowest BCUT2D eigenvalue weighted by Crippen LogP contribution is -2.69. The predicted octanol–water partition coefficient (Wildman–Crippen LogP) is -0.321. The van der Waals surface area contributed by atoms with E-state index in [1.54, 1.807) is 0 Å². The van der Waals surface area contributed by atoms with E-state index in [4.69, 9.17) is 0 Å². The number of nitrogens with zero attached hydrogens (tertiary/aromatic N) is 1. The molecule has 2 rings (SSSR count). The van der Waals surface area contributed by atoms with Crippen molar-refractivity contribution >= 4 is 11.9 Å². The highest BCUT2D eigenvalue weighted by molar-refractivity contribution is 6.08. The Kier molecular flexibility index (Phi) is 1.99. The third-order valence-corrected chi connectivity index (χ3v) is 3.08. The molecule has 1 atom stereocenters. The number of rotatable bonds is 2. The van der Waals surface area contributed by atoms with E-state index in [2.05, 4.69) is 10.6 Å². The molecule has 2 aliphatic heterocycles. The van der Waals surface area contributed by atoms with E-state index >= 15 is 0 Å². The summed E-state index contributed by atoms with van der Waals surface area (Å²) >= 11 is 0. The molecule has 5 heteroatoms. The van der Waals surface area contributed by atoms with E-state index in [1.165, 1.54) is 4.90 Å². The quantitative estimate of drug-likeness (QED) is 0.596. The zero-order chi connectivity index (χ0) is 10.3. The van der Waals surface area contributed by atoms with E-state index in [9.17, 15) is 9.59 Å². The summed E-state index contributed by atoms with van der Waals surface area (Å²) in [4.78, 5) is 24.8. The average Bonchev–Trinajstić information content (AvgIpc) is 2.36. The molecule has 0 bridgehead atoms. The molecule has 1 unspecified atom stereocenters. The smallest absolute Gasteiger partial charge is 0.321 e. The van der Waals surface area contributed by atoms with Crippen LogP contribution in [0.1, 0.15) is 20.3 Å². The summed E-state index contributed by atoms with van der Waals surface area (Å²) in [6.07, 6.45) is 0.794. The third kappa shape index (κ3) is 1.05. The molecule has 0 saturated carbocycles. The SMILES string of the molecule is CCC(C)N1C(=O)NC2(CNC2)C1=O. The van der Waals surface area contributed by atoms with Crippen LogP contribution in [0.25, 0.3) is 0 Å². The van der Waals surface area contributed by atoms with Gasteiger partial charge >= 0.3 is 6.03 Å². The number of hydrogen-bond acceptors (Lipinski definition) is 3. The fourth-order valence-electron chi connectivity index (χ4n) is 1.84. The van der Waals surface area contributed by atoms with Crippen molar-refractivity contribution in [3.05, 3.63) is 0 Å². The predicted molar refractivity (Wildman–Crippen MR) is 50.7 cm³/mol. The summed E-state index contributed by atoms with van der Waals surface area (Å²) in [6.45, 7) is 4.98. The van der Waals surface area contributed by atoms with Crippen LogP contribution in [0.5, 0.6) is 0 Å². The minimum Gasteiger partial charge on any atom is -0.321 e. The Balaban J connectivity index is 2.20. The van der Waals surface area contributed by atoms with Crippen molar-refractivity contribution < 1.29 is 9.59 Å². The molecule has 3 amide bonds. The Bertz CT molecular complexity index is 286. The molecule has 0 aliphatic carbocycles. The lowest BCUT2D eigenvalue weighted by molar-refractivity contribution is -0.134. The minimum absolute atomic E-state index is 0.0116. The molecule has 2 heterocycles. The van der Waals surface area contributed by atoms with Crippen LogP contribution in [0.2, 0.25) is 0 Å². The Morgan fingerprint density at radius 2 is 2.14 bits per heavy atom. The van der Waals surface area contributed by atoms with Gasteiger partial charge in [0.15, 0.2) is 0 Å². The van der Waals surface area contributed by atoms with Gasteiger partial charge in [-0.2, -0.15) is 0 Å². The third-order valence-electron chi connectivity index (χ3n) is 3.08.